The number of aryl methyl sites for hydroxylation is 3. The van der Waals surface area contributed by atoms with Crippen molar-refractivity contribution in [2.24, 2.45) is 0 Å². The summed E-state index contributed by atoms with van der Waals surface area (Å²) in [6.07, 6.45) is 4.10. The third kappa shape index (κ3) is 3.70. The number of methoxy groups -OCH3 is 1. The number of ether oxygens (including phenoxy) is 1. The zero-order chi connectivity index (χ0) is 17.8. The SMILES string of the molecule is CCc1onc(C)c1[C@H]1CCCN1C(=O)CCc1ccc(OC)cc1. The Morgan fingerprint density at radius 3 is 2.80 bits per heavy atom. The van der Waals surface area contributed by atoms with Gasteiger partial charge in [-0.2, -0.15) is 0 Å². The van der Waals surface area contributed by atoms with Crippen molar-refractivity contribution in [2.45, 2.75) is 52.0 Å². The highest BCUT2D eigenvalue weighted by molar-refractivity contribution is 5.77. The first-order valence-corrected chi connectivity index (χ1v) is 9.01. The maximum atomic E-state index is 12.8. The molecule has 0 unspecified atom stereocenters. The number of amides is 1. The Morgan fingerprint density at radius 2 is 2.12 bits per heavy atom. The number of hydrogen-bond acceptors (Lipinski definition) is 4. The molecule has 1 saturated heterocycles. The fourth-order valence-corrected chi connectivity index (χ4v) is 3.66. The molecule has 3 rings (SSSR count). The third-order valence-electron chi connectivity index (χ3n) is 5.00. The van der Waals surface area contributed by atoms with E-state index in [4.69, 9.17) is 9.26 Å². The second-order valence-electron chi connectivity index (χ2n) is 6.55. The largest absolute Gasteiger partial charge is 0.497 e. The number of aromatic nitrogens is 1. The lowest BCUT2D eigenvalue weighted by atomic mass is 10.0. The highest BCUT2D eigenvalue weighted by atomic mass is 16.5. The average Bonchev–Trinajstić information content (AvgIpc) is 3.25. The number of nitrogens with zero attached hydrogens (tertiary/aromatic N) is 2. The molecule has 0 aliphatic carbocycles. The van der Waals surface area contributed by atoms with Crippen LogP contribution in [0.1, 0.15) is 54.8 Å². The van der Waals surface area contributed by atoms with Crippen molar-refractivity contribution in [1.29, 1.82) is 0 Å². The molecule has 5 nitrogen and oxygen atoms in total. The second kappa shape index (κ2) is 7.72. The summed E-state index contributed by atoms with van der Waals surface area (Å²) < 4.78 is 10.6. The Bertz CT molecular complexity index is 721. The van der Waals surface area contributed by atoms with Crippen molar-refractivity contribution < 1.29 is 14.1 Å². The highest BCUT2D eigenvalue weighted by Crippen LogP contribution is 2.36. The van der Waals surface area contributed by atoms with E-state index in [-0.39, 0.29) is 11.9 Å². The first kappa shape index (κ1) is 17.5. The Hall–Kier alpha value is -2.30. The molecular weight excluding hydrogens is 316 g/mol. The van der Waals surface area contributed by atoms with Gasteiger partial charge in [0.2, 0.25) is 5.91 Å². The van der Waals surface area contributed by atoms with Crippen LogP contribution in [0.25, 0.3) is 0 Å². The summed E-state index contributed by atoms with van der Waals surface area (Å²) in [5.74, 6) is 1.96. The van der Waals surface area contributed by atoms with Crippen molar-refractivity contribution in [1.82, 2.24) is 10.1 Å². The lowest BCUT2D eigenvalue weighted by molar-refractivity contribution is -0.132. The number of likely N-dealkylation sites (tertiary alicyclic amines) is 1. The summed E-state index contributed by atoms with van der Waals surface area (Å²) in [5.41, 5.74) is 3.19. The molecule has 1 aliphatic rings. The van der Waals surface area contributed by atoms with Gasteiger partial charge in [-0.3, -0.25) is 4.79 Å². The number of carbonyl (C=O) groups excluding carboxylic acids is 1. The van der Waals surface area contributed by atoms with Crippen LogP contribution in [0.4, 0.5) is 0 Å². The molecular formula is C20H26N2O3. The van der Waals surface area contributed by atoms with Gasteiger partial charge in [0.05, 0.1) is 18.8 Å². The van der Waals surface area contributed by atoms with Crippen molar-refractivity contribution in [3.05, 3.63) is 46.8 Å². The monoisotopic (exact) mass is 342 g/mol. The summed E-state index contributed by atoms with van der Waals surface area (Å²) in [7, 11) is 1.66. The van der Waals surface area contributed by atoms with Crippen LogP contribution >= 0.6 is 0 Å². The smallest absolute Gasteiger partial charge is 0.223 e. The maximum absolute atomic E-state index is 12.8. The van der Waals surface area contributed by atoms with Crippen LogP contribution in [-0.2, 0) is 17.6 Å². The molecule has 25 heavy (non-hydrogen) atoms. The predicted octanol–water partition coefficient (Wildman–Crippen LogP) is 3.85. The van der Waals surface area contributed by atoms with Crippen LogP contribution in [0.2, 0.25) is 0 Å². The van der Waals surface area contributed by atoms with E-state index in [2.05, 4.69) is 12.1 Å². The van der Waals surface area contributed by atoms with E-state index in [1.807, 2.05) is 36.1 Å². The van der Waals surface area contributed by atoms with Crippen LogP contribution in [0, 0.1) is 6.92 Å². The summed E-state index contributed by atoms with van der Waals surface area (Å²) in [6, 6.07) is 8.03. The molecule has 1 aromatic carbocycles. The maximum Gasteiger partial charge on any atom is 0.223 e. The van der Waals surface area contributed by atoms with Crippen LogP contribution in [0.3, 0.4) is 0 Å². The molecule has 5 heteroatoms. The molecule has 1 aromatic heterocycles. The lowest BCUT2D eigenvalue weighted by Gasteiger charge is -2.25. The summed E-state index contributed by atoms with van der Waals surface area (Å²) in [6.45, 7) is 4.85. The first-order chi connectivity index (χ1) is 12.1. The predicted molar refractivity (Wildman–Crippen MR) is 95.6 cm³/mol. The molecule has 1 amide bonds. The summed E-state index contributed by atoms with van der Waals surface area (Å²) >= 11 is 0. The van der Waals surface area contributed by atoms with Gasteiger partial charge in [-0.15, -0.1) is 0 Å². The molecule has 0 radical (unpaired) electrons. The van der Waals surface area contributed by atoms with Crippen LogP contribution in [0.15, 0.2) is 28.8 Å². The van der Waals surface area contributed by atoms with Gasteiger partial charge < -0.3 is 14.2 Å². The van der Waals surface area contributed by atoms with Crippen LogP contribution < -0.4 is 4.74 Å². The number of carbonyl (C=O) groups is 1. The van der Waals surface area contributed by atoms with E-state index in [0.29, 0.717) is 6.42 Å². The van der Waals surface area contributed by atoms with Crippen LogP contribution in [-0.4, -0.2) is 29.6 Å². The fraction of sp³-hybridized carbons (Fsp3) is 0.500. The molecule has 0 saturated carbocycles. The Morgan fingerprint density at radius 1 is 1.36 bits per heavy atom. The molecule has 0 bridgehead atoms. The van der Waals surface area contributed by atoms with E-state index in [1.54, 1.807) is 7.11 Å². The molecule has 134 valence electrons. The van der Waals surface area contributed by atoms with Crippen molar-refractivity contribution in [3.63, 3.8) is 0 Å². The normalized spacial score (nSPS) is 17.1. The van der Waals surface area contributed by atoms with E-state index in [0.717, 1.165) is 60.6 Å². The minimum Gasteiger partial charge on any atom is -0.497 e. The van der Waals surface area contributed by atoms with Gasteiger partial charge >= 0.3 is 0 Å². The quantitative estimate of drug-likeness (QED) is 0.800. The minimum atomic E-state index is 0.115. The number of hydrogen-bond donors (Lipinski definition) is 0. The molecule has 2 heterocycles. The van der Waals surface area contributed by atoms with E-state index in [9.17, 15) is 4.79 Å². The molecule has 2 aromatic rings. The van der Waals surface area contributed by atoms with Gasteiger partial charge in [-0.25, -0.2) is 0 Å². The Balaban J connectivity index is 1.67. The van der Waals surface area contributed by atoms with Crippen molar-refractivity contribution in [3.8, 4) is 5.75 Å². The van der Waals surface area contributed by atoms with Crippen LogP contribution in [0.5, 0.6) is 5.75 Å². The minimum absolute atomic E-state index is 0.115. The second-order valence-corrected chi connectivity index (χ2v) is 6.55. The third-order valence-corrected chi connectivity index (χ3v) is 5.00. The molecule has 1 aliphatic heterocycles. The fourth-order valence-electron chi connectivity index (χ4n) is 3.66. The first-order valence-electron chi connectivity index (χ1n) is 9.01. The number of benzene rings is 1. The highest BCUT2D eigenvalue weighted by Gasteiger charge is 2.33. The average molecular weight is 342 g/mol. The zero-order valence-corrected chi connectivity index (χ0v) is 15.2. The standard InChI is InChI=1S/C20H26N2O3/c1-4-18-20(14(2)21-25-18)17-6-5-13-22(17)19(23)12-9-15-7-10-16(24-3)11-8-15/h7-8,10-11,17H,4-6,9,12-13H2,1-3H3/t17-/m1/s1. The van der Waals surface area contributed by atoms with E-state index < -0.39 is 0 Å². The van der Waals surface area contributed by atoms with Gasteiger partial charge in [-0.05, 0) is 43.9 Å². The van der Waals surface area contributed by atoms with Crippen molar-refractivity contribution >= 4 is 5.91 Å². The Kier molecular flexibility index (Phi) is 5.41. The van der Waals surface area contributed by atoms with Gasteiger partial charge in [0, 0.05) is 24.9 Å². The number of rotatable bonds is 6. The topological polar surface area (TPSA) is 55.6 Å². The summed E-state index contributed by atoms with van der Waals surface area (Å²) in [5, 5.41) is 4.11. The lowest BCUT2D eigenvalue weighted by Crippen LogP contribution is -2.31. The van der Waals surface area contributed by atoms with E-state index >= 15 is 0 Å². The van der Waals surface area contributed by atoms with Gasteiger partial charge in [0.15, 0.2) is 0 Å². The molecule has 0 N–H and O–H groups in total. The Labute approximate surface area is 148 Å². The van der Waals surface area contributed by atoms with Gasteiger partial charge in [0.25, 0.3) is 0 Å². The van der Waals surface area contributed by atoms with Crippen molar-refractivity contribution in [2.75, 3.05) is 13.7 Å². The molecule has 1 fully saturated rings. The molecule has 1 atom stereocenters. The zero-order valence-electron chi connectivity index (χ0n) is 15.2. The summed E-state index contributed by atoms with van der Waals surface area (Å²) in [4.78, 5) is 14.8. The molecule has 0 spiro atoms. The van der Waals surface area contributed by atoms with E-state index in [1.165, 1.54) is 0 Å². The van der Waals surface area contributed by atoms with Gasteiger partial charge in [0.1, 0.15) is 11.5 Å². The van der Waals surface area contributed by atoms with Gasteiger partial charge in [-0.1, -0.05) is 24.2 Å².